The quantitative estimate of drug-likeness (QED) is 0.507. The van der Waals surface area contributed by atoms with Crippen LogP contribution in [0.2, 0.25) is 0 Å². The molecule has 0 radical (unpaired) electrons. The summed E-state index contributed by atoms with van der Waals surface area (Å²) in [5, 5.41) is 8.73. The van der Waals surface area contributed by atoms with Crippen molar-refractivity contribution in [3.8, 4) is 0 Å². The summed E-state index contributed by atoms with van der Waals surface area (Å²) in [5.74, 6) is 0. The summed E-state index contributed by atoms with van der Waals surface area (Å²) in [6.45, 7) is 7.96. The lowest BCUT2D eigenvalue weighted by Crippen LogP contribution is -2.53. The van der Waals surface area contributed by atoms with E-state index in [1.54, 1.807) is 0 Å². The molecule has 0 saturated carbocycles. The molecular formula is C13H27N3OS. The molecule has 3 N–H and O–H groups in total. The molecule has 18 heavy (non-hydrogen) atoms. The van der Waals surface area contributed by atoms with Crippen molar-refractivity contribution in [2.75, 3.05) is 39.3 Å². The summed E-state index contributed by atoms with van der Waals surface area (Å²) in [4.78, 5) is 5.54. The molecule has 1 saturated heterocycles. The zero-order valence-corrected chi connectivity index (χ0v) is 12.3. The molecule has 1 aliphatic rings. The van der Waals surface area contributed by atoms with Crippen LogP contribution in [0.3, 0.4) is 0 Å². The summed E-state index contributed by atoms with van der Waals surface area (Å²) in [6.07, 6.45) is 4.25. The predicted molar refractivity (Wildman–Crippen MR) is 79.8 cm³/mol. The number of nitrogens with zero attached hydrogens (tertiary/aromatic N) is 2. The van der Waals surface area contributed by atoms with E-state index in [2.05, 4.69) is 16.7 Å². The van der Waals surface area contributed by atoms with Crippen LogP contribution < -0.4 is 5.73 Å². The molecule has 1 heterocycles. The van der Waals surface area contributed by atoms with Gasteiger partial charge in [0.05, 0.1) is 11.0 Å². The third-order valence-corrected chi connectivity index (χ3v) is 3.97. The van der Waals surface area contributed by atoms with Gasteiger partial charge in [-0.3, -0.25) is 4.90 Å². The Morgan fingerprint density at radius 2 is 1.89 bits per heavy atom. The minimum absolute atomic E-state index is 0.275. The number of hydrogen-bond acceptors (Lipinski definition) is 4. The van der Waals surface area contributed by atoms with Gasteiger partial charge in [0, 0.05) is 32.8 Å². The molecule has 1 aliphatic heterocycles. The molecular weight excluding hydrogens is 246 g/mol. The molecule has 1 atom stereocenters. The van der Waals surface area contributed by atoms with Gasteiger partial charge in [0.15, 0.2) is 0 Å². The van der Waals surface area contributed by atoms with Crippen LogP contribution in [-0.4, -0.2) is 65.3 Å². The summed E-state index contributed by atoms with van der Waals surface area (Å²) >= 11 is 5.12. The van der Waals surface area contributed by atoms with E-state index < -0.39 is 0 Å². The Labute approximate surface area is 116 Å². The second kappa shape index (κ2) is 8.80. The van der Waals surface area contributed by atoms with E-state index in [-0.39, 0.29) is 6.04 Å². The predicted octanol–water partition coefficient (Wildman–Crippen LogP) is 0.831. The van der Waals surface area contributed by atoms with Crippen LogP contribution in [0, 0.1) is 0 Å². The zero-order valence-electron chi connectivity index (χ0n) is 11.5. The standard InChI is InChI=1S/C13H27N3OS/c1-2-12(13(14)18)16-9-7-15(8-10-16)6-4-3-5-11-17/h12,17H,2-11H2,1H3,(H2,14,18). The SMILES string of the molecule is CCC(C(N)=S)N1CCN(CCCCCO)CC1. The zero-order chi connectivity index (χ0) is 13.4. The minimum atomic E-state index is 0.275. The van der Waals surface area contributed by atoms with Gasteiger partial charge < -0.3 is 15.7 Å². The van der Waals surface area contributed by atoms with Gasteiger partial charge in [-0.15, -0.1) is 0 Å². The van der Waals surface area contributed by atoms with Gasteiger partial charge in [0.1, 0.15) is 0 Å². The number of aliphatic hydroxyl groups is 1. The van der Waals surface area contributed by atoms with Gasteiger partial charge in [-0.25, -0.2) is 0 Å². The average Bonchev–Trinajstić information content (AvgIpc) is 2.37. The van der Waals surface area contributed by atoms with Crippen LogP contribution in [-0.2, 0) is 0 Å². The molecule has 0 amide bonds. The Hall–Kier alpha value is -0.230. The Balaban J connectivity index is 2.21. The second-order valence-corrected chi connectivity index (χ2v) is 5.46. The first-order chi connectivity index (χ1) is 8.69. The third-order valence-electron chi connectivity index (χ3n) is 3.70. The highest BCUT2D eigenvalue weighted by atomic mass is 32.1. The molecule has 0 aromatic carbocycles. The Bertz CT molecular complexity index is 242. The smallest absolute Gasteiger partial charge is 0.0901 e. The molecule has 1 fully saturated rings. The van der Waals surface area contributed by atoms with Gasteiger partial charge in [0.2, 0.25) is 0 Å². The lowest BCUT2D eigenvalue weighted by Gasteiger charge is -2.38. The van der Waals surface area contributed by atoms with Crippen molar-refractivity contribution in [3.05, 3.63) is 0 Å². The van der Waals surface area contributed by atoms with Gasteiger partial charge in [0.25, 0.3) is 0 Å². The fourth-order valence-corrected chi connectivity index (χ4v) is 2.88. The van der Waals surface area contributed by atoms with Crippen LogP contribution in [0.5, 0.6) is 0 Å². The van der Waals surface area contributed by atoms with E-state index in [4.69, 9.17) is 23.1 Å². The molecule has 0 spiro atoms. The Kier molecular flexibility index (Phi) is 7.74. The van der Waals surface area contributed by atoms with Crippen molar-refractivity contribution in [2.24, 2.45) is 5.73 Å². The number of nitrogens with two attached hydrogens (primary N) is 1. The van der Waals surface area contributed by atoms with E-state index in [0.29, 0.717) is 11.6 Å². The van der Waals surface area contributed by atoms with Crippen molar-refractivity contribution in [1.29, 1.82) is 0 Å². The number of rotatable bonds is 8. The second-order valence-electron chi connectivity index (χ2n) is 4.99. The van der Waals surface area contributed by atoms with Gasteiger partial charge in [-0.1, -0.05) is 19.1 Å². The lowest BCUT2D eigenvalue weighted by molar-refractivity contribution is 0.114. The number of aliphatic hydroxyl groups excluding tert-OH is 1. The average molecular weight is 273 g/mol. The summed E-state index contributed by atoms with van der Waals surface area (Å²) < 4.78 is 0. The number of unbranched alkanes of at least 4 members (excludes halogenated alkanes) is 2. The first kappa shape index (κ1) is 15.8. The molecule has 0 aliphatic carbocycles. The Morgan fingerprint density at radius 1 is 1.22 bits per heavy atom. The van der Waals surface area contributed by atoms with Gasteiger partial charge in [-0.05, 0) is 32.2 Å². The normalized spacial score (nSPS) is 19.9. The van der Waals surface area contributed by atoms with Crippen molar-refractivity contribution < 1.29 is 5.11 Å². The maximum absolute atomic E-state index is 8.73. The number of piperazine rings is 1. The minimum Gasteiger partial charge on any atom is -0.396 e. The highest BCUT2D eigenvalue weighted by molar-refractivity contribution is 7.80. The van der Waals surface area contributed by atoms with Crippen LogP contribution in [0.15, 0.2) is 0 Å². The fraction of sp³-hybridized carbons (Fsp3) is 0.923. The molecule has 106 valence electrons. The fourth-order valence-electron chi connectivity index (χ4n) is 2.56. The van der Waals surface area contributed by atoms with Gasteiger partial charge >= 0.3 is 0 Å². The summed E-state index contributed by atoms with van der Waals surface area (Å²) in [7, 11) is 0. The monoisotopic (exact) mass is 273 g/mol. The summed E-state index contributed by atoms with van der Waals surface area (Å²) in [5.41, 5.74) is 5.78. The van der Waals surface area contributed by atoms with E-state index in [1.807, 2.05) is 0 Å². The third kappa shape index (κ3) is 5.18. The van der Waals surface area contributed by atoms with Crippen LogP contribution in [0.4, 0.5) is 0 Å². The van der Waals surface area contributed by atoms with E-state index in [0.717, 1.165) is 52.0 Å². The van der Waals surface area contributed by atoms with Crippen molar-refractivity contribution >= 4 is 17.2 Å². The van der Waals surface area contributed by atoms with Crippen molar-refractivity contribution in [3.63, 3.8) is 0 Å². The van der Waals surface area contributed by atoms with E-state index in [9.17, 15) is 0 Å². The van der Waals surface area contributed by atoms with Crippen LogP contribution in [0.25, 0.3) is 0 Å². The molecule has 1 unspecified atom stereocenters. The van der Waals surface area contributed by atoms with Crippen molar-refractivity contribution in [1.82, 2.24) is 9.80 Å². The van der Waals surface area contributed by atoms with Crippen LogP contribution in [0.1, 0.15) is 32.6 Å². The summed E-state index contributed by atoms with van der Waals surface area (Å²) in [6, 6.07) is 0.275. The first-order valence-corrected chi connectivity index (χ1v) is 7.46. The van der Waals surface area contributed by atoms with Crippen molar-refractivity contribution in [2.45, 2.75) is 38.6 Å². The topological polar surface area (TPSA) is 52.7 Å². The molecule has 4 nitrogen and oxygen atoms in total. The maximum Gasteiger partial charge on any atom is 0.0901 e. The van der Waals surface area contributed by atoms with E-state index in [1.165, 1.54) is 6.42 Å². The molecule has 1 rings (SSSR count). The van der Waals surface area contributed by atoms with E-state index >= 15 is 0 Å². The first-order valence-electron chi connectivity index (χ1n) is 7.05. The number of hydrogen-bond donors (Lipinski definition) is 2. The number of thiocarbonyl (C=S) groups is 1. The van der Waals surface area contributed by atoms with Gasteiger partial charge in [-0.2, -0.15) is 0 Å². The molecule has 0 bridgehead atoms. The molecule has 0 aromatic heterocycles. The highest BCUT2D eigenvalue weighted by Crippen LogP contribution is 2.10. The largest absolute Gasteiger partial charge is 0.396 e. The lowest BCUT2D eigenvalue weighted by atomic mass is 10.1. The highest BCUT2D eigenvalue weighted by Gasteiger charge is 2.23. The van der Waals surface area contributed by atoms with Crippen LogP contribution >= 0.6 is 12.2 Å². The Morgan fingerprint density at radius 3 is 2.39 bits per heavy atom. The molecule has 0 aromatic rings. The molecule has 5 heteroatoms. The maximum atomic E-state index is 8.73.